The number of halogens is 1. The van der Waals surface area contributed by atoms with Crippen molar-refractivity contribution >= 4 is 52.3 Å². The molecule has 0 aliphatic heterocycles. The second kappa shape index (κ2) is 9.56. The Bertz CT molecular complexity index is 705. The van der Waals surface area contributed by atoms with E-state index >= 15 is 0 Å². The van der Waals surface area contributed by atoms with Crippen LogP contribution in [-0.2, 0) is 20.1 Å². The molecule has 1 aromatic carbocycles. The van der Waals surface area contributed by atoms with E-state index in [1.54, 1.807) is 31.4 Å². The van der Waals surface area contributed by atoms with Gasteiger partial charge in [-0.1, -0.05) is 17.7 Å². The highest BCUT2D eigenvalue weighted by Gasteiger charge is 2.09. The van der Waals surface area contributed by atoms with Crippen molar-refractivity contribution < 1.29 is 19.1 Å². The van der Waals surface area contributed by atoms with Gasteiger partial charge >= 0.3 is 5.97 Å². The first-order valence-electron chi connectivity index (χ1n) is 6.98. The van der Waals surface area contributed by atoms with Crippen molar-refractivity contribution in [3.05, 3.63) is 45.6 Å². The molecule has 0 atom stereocenters. The van der Waals surface area contributed by atoms with E-state index in [0.29, 0.717) is 17.2 Å². The van der Waals surface area contributed by atoms with Crippen LogP contribution in [0.3, 0.4) is 0 Å². The third kappa shape index (κ3) is 6.43. The number of carbonyl (C=O) groups excluding carboxylic acids is 2. The number of rotatable bonds is 8. The number of carbonyl (C=O) groups is 2. The first kappa shape index (κ1) is 18.6. The van der Waals surface area contributed by atoms with Gasteiger partial charge in [0.1, 0.15) is 5.75 Å². The molecule has 1 N–H and O–H groups in total. The predicted octanol–water partition coefficient (Wildman–Crippen LogP) is 3.83. The third-order valence-electron chi connectivity index (χ3n) is 2.81. The predicted molar refractivity (Wildman–Crippen MR) is 98.1 cm³/mol. The zero-order valence-electron chi connectivity index (χ0n) is 12.9. The van der Waals surface area contributed by atoms with Gasteiger partial charge in [-0.15, -0.1) is 23.1 Å². The summed E-state index contributed by atoms with van der Waals surface area (Å²) in [6.07, 6.45) is 0. The summed E-state index contributed by atoms with van der Waals surface area (Å²) in [5, 5.41) is 2.64. The normalized spacial score (nSPS) is 10.2. The molecule has 1 aromatic heterocycles. The Balaban J connectivity index is 1.66. The molecule has 0 saturated carbocycles. The van der Waals surface area contributed by atoms with Crippen molar-refractivity contribution in [2.75, 3.05) is 24.8 Å². The highest BCUT2D eigenvalue weighted by atomic mass is 35.5. The minimum atomic E-state index is -0.427. The van der Waals surface area contributed by atoms with Gasteiger partial charge in [0.05, 0.1) is 17.2 Å². The zero-order valence-corrected chi connectivity index (χ0v) is 15.3. The van der Waals surface area contributed by atoms with Crippen molar-refractivity contribution in [1.82, 2.24) is 0 Å². The highest BCUT2D eigenvalue weighted by molar-refractivity contribution is 7.99. The van der Waals surface area contributed by atoms with Gasteiger partial charge in [-0.05, 0) is 24.3 Å². The van der Waals surface area contributed by atoms with Crippen LogP contribution in [0, 0.1) is 0 Å². The summed E-state index contributed by atoms with van der Waals surface area (Å²) >= 11 is 8.73. The fourth-order valence-electron chi connectivity index (χ4n) is 1.75. The third-order valence-corrected chi connectivity index (χ3v) is 5.18. The van der Waals surface area contributed by atoms with Gasteiger partial charge in [0.25, 0.3) is 5.91 Å². The average molecular weight is 386 g/mol. The molecular formula is C16H16ClNO4S2. The summed E-state index contributed by atoms with van der Waals surface area (Å²) < 4.78 is 10.7. The molecule has 0 unspecified atom stereocenters. The van der Waals surface area contributed by atoms with Crippen LogP contribution in [0.4, 0.5) is 5.69 Å². The maximum atomic E-state index is 11.8. The second-order valence-electron chi connectivity index (χ2n) is 4.64. The standard InChI is InChI=1S/C16H16ClNO4S2/c1-21-12-4-2-3-11(7-12)18-15(19)8-22-16(20)10-23-9-13-5-6-14(17)24-13/h2-7H,8-10H2,1H3,(H,18,19). The fraction of sp³-hybridized carbons (Fsp3) is 0.250. The molecule has 0 aliphatic rings. The van der Waals surface area contributed by atoms with Gasteiger partial charge in [-0.25, -0.2) is 0 Å². The highest BCUT2D eigenvalue weighted by Crippen LogP contribution is 2.25. The summed E-state index contributed by atoms with van der Waals surface area (Å²) in [6.45, 7) is -0.318. The second-order valence-corrected chi connectivity index (χ2v) is 7.42. The molecule has 0 spiro atoms. The lowest BCUT2D eigenvalue weighted by Gasteiger charge is -2.07. The molecule has 1 amide bonds. The molecule has 24 heavy (non-hydrogen) atoms. The summed E-state index contributed by atoms with van der Waals surface area (Å²) in [7, 11) is 1.55. The Labute approximate surface area is 153 Å². The number of ether oxygens (including phenoxy) is 2. The molecule has 2 aromatic rings. The largest absolute Gasteiger partial charge is 0.497 e. The number of benzene rings is 1. The molecule has 2 rings (SSSR count). The van der Waals surface area contributed by atoms with Gasteiger partial charge in [-0.2, -0.15) is 0 Å². The van der Waals surface area contributed by atoms with Crippen molar-refractivity contribution in [1.29, 1.82) is 0 Å². The maximum absolute atomic E-state index is 11.8. The summed E-state index contributed by atoms with van der Waals surface area (Å²) in [4.78, 5) is 24.5. The van der Waals surface area contributed by atoms with Crippen LogP contribution in [0.2, 0.25) is 4.34 Å². The number of hydrogen-bond acceptors (Lipinski definition) is 6. The van der Waals surface area contributed by atoms with Crippen LogP contribution < -0.4 is 10.1 Å². The number of anilines is 1. The van der Waals surface area contributed by atoms with E-state index in [1.807, 2.05) is 12.1 Å². The number of thioether (sulfide) groups is 1. The molecule has 0 fully saturated rings. The van der Waals surface area contributed by atoms with Crippen LogP contribution >= 0.6 is 34.7 Å². The van der Waals surface area contributed by atoms with E-state index in [2.05, 4.69) is 5.32 Å². The first-order valence-corrected chi connectivity index (χ1v) is 9.33. The van der Waals surface area contributed by atoms with Crippen LogP contribution in [0.15, 0.2) is 36.4 Å². The lowest BCUT2D eigenvalue weighted by Crippen LogP contribution is -2.21. The lowest BCUT2D eigenvalue weighted by atomic mass is 10.3. The molecule has 8 heteroatoms. The molecule has 0 radical (unpaired) electrons. The maximum Gasteiger partial charge on any atom is 0.316 e. The Morgan fingerprint density at radius 1 is 1.29 bits per heavy atom. The van der Waals surface area contributed by atoms with Gasteiger partial charge in [-0.3, -0.25) is 9.59 Å². The van der Waals surface area contributed by atoms with Crippen molar-refractivity contribution in [2.45, 2.75) is 5.75 Å². The van der Waals surface area contributed by atoms with Crippen molar-refractivity contribution in [3.8, 4) is 5.75 Å². The number of esters is 1. The van der Waals surface area contributed by atoms with E-state index in [4.69, 9.17) is 21.1 Å². The molecule has 5 nitrogen and oxygen atoms in total. The van der Waals surface area contributed by atoms with Crippen molar-refractivity contribution in [2.24, 2.45) is 0 Å². The Hall–Kier alpha value is -1.70. The Kier molecular flexibility index (Phi) is 7.42. The van der Waals surface area contributed by atoms with E-state index in [9.17, 15) is 9.59 Å². The van der Waals surface area contributed by atoms with Crippen LogP contribution in [0.5, 0.6) is 5.75 Å². The summed E-state index contributed by atoms with van der Waals surface area (Å²) in [5.41, 5.74) is 0.583. The SMILES string of the molecule is COc1cccc(NC(=O)COC(=O)CSCc2ccc(Cl)s2)c1. The topological polar surface area (TPSA) is 64.6 Å². The number of nitrogens with one attached hydrogen (secondary N) is 1. The minimum Gasteiger partial charge on any atom is -0.497 e. The van der Waals surface area contributed by atoms with E-state index in [1.165, 1.54) is 23.1 Å². The van der Waals surface area contributed by atoms with Gasteiger partial charge in [0, 0.05) is 22.4 Å². The number of amides is 1. The van der Waals surface area contributed by atoms with Crippen LogP contribution in [0.1, 0.15) is 4.88 Å². The van der Waals surface area contributed by atoms with E-state index in [-0.39, 0.29) is 12.4 Å². The van der Waals surface area contributed by atoms with E-state index in [0.717, 1.165) is 9.21 Å². The average Bonchev–Trinajstić information content (AvgIpc) is 2.98. The minimum absolute atomic E-state index is 0.182. The Morgan fingerprint density at radius 2 is 2.12 bits per heavy atom. The number of thiophene rings is 1. The van der Waals surface area contributed by atoms with Gasteiger partial charge in [0.2, 0.25) is 0 Å². The molecule has 0 saturated heterocycles. The van der Waals surface area contributed by atoms with Crippen LogP contribution in [-0.4, -0.2) is 31.3 Å². The van der Waals surface area contributed by atoms with Crippen molar-refractivity contribution in [3.63, 3.8) is 0 Å². The summed E-state index contributed by atoms with van der Waals surface area (Å²) in [6, 6.07) is 10.7. The van der Waals surface area contributed by atoms with Gasteiger partial charge in [0.15, 0.2) is 6.61 Å². The Morgan fingerprint density at radius 3 is 2.83 bits per heavy atom. The number of hydrogen-bond donors (Lipinski definition) is 1. The first-order chi connectivity index (χ1) is 11.6. The monoisotopic (exact) mass is 385 g/mol. The summed E-state index contributed by atoms with van der Waals surface area (Å²) in [5.74, 6) is 0.676. The molecule has 0 aliphatic carbocycles. The van der Waals surface area contributed by atoms with Gasteiger partial charge < -0.3 is 14.8 Å². The van der Waals surface area contributed by atoms with Crippen LogP contribution in [0.25, 0.3) is 0 Å². The quantitative estimate of drug-likeness (QED) is 0.699. The van der Waals surface area contributed by atoms with E-state index < -0.39 is 11.9 Å². The molecule has 128 valence electrons. The fourth-order valence-corrected chi connectivity index (χ4v) is 3.77. The number of methoxy groups -OCH3 is 1. The molecule has 0 bridgehead atoms. The zero-order chi connectivity index (χ0) is 17.4. The lowest BCUT2D eigenvalue weighted by molar-refractivity contribution is -0.144. The smallest absolute Gasteiger partial charge is 0.316 e. The molecule has 1 heterocycles. The molecular weight excluding hydrogens is 370 g/mol.